The van der Waals surface area contributed by atoms with Gasteiger partial charge >= 0.3 is 6.17 Å². The van der Waals surface area contributed by atoms with E-state index in [0.29, 0.717) is 0 Å². The Morgan fingerprint density at radius 2 is 2.58 bits per heavy atom. The smallest absolute Gasteiger partial charge is 0.250 e. The van der Waals surface area contributed by atoms with Gasteiger partial charge in [-0.15, -0.1) is 0 Å². The van der Waals surface area contributed by atoms with E-state index in [0.717, 1.165) is 23.3 Å². The van der Waals surface area contributed by atoms with Gasteiger partial charge in [-0.05, 0) is 0 Å². The van der Waals surface area contributed by atoms with Gasteiger partial charge in [-0.3, -0.25) is 0 Å². The molecule has 1 saturated heterocycles. The van der Waals surface area contributed by atoms with E-state index in [-0.39, 0.29) is 6.17 Å². The highest BCUT2D eigenvalue weighted by atomic mass is 15.6. The molecule has 0 radical (unpaired) electrons. The van der Waals surface area contributed by atoms with Gasteiger partial charge in [0.25, 0.3) is 0 Å². The van der Waals surface area contributed by atoms with Crippen LogP contribution in [0.4, 0.5) is 0 Å². The van der Waals surface area contributed by atoms with Crippen molar-refractivity contribution in [3.05, 3.63) is 23.3 Å². The summed E-state index contributed by atoms with van der Waals surface area (Å²) in [6.07, 6.45) is 2.99. The van der Waals surface area contributed by atoms with Crippen molar-refractivity contribution in [1.29, 1.82) is 0 Å². The summed E-state index contributed by atoms with van der Waals surface area (Å²) in [5, 5.41) is 0. The summed E-state index contributed by atoms with van der Waals surface area (Å²) in [6, 6.07) is 0. The monoisotopic (exact) mass is 162 g/mol. The molecule has 2 atom stereocenters. The third-order valence-electron chi connectivity index (χ3n) is 2.78. The molecule has 62 valence electrons. The van der Waals surface area contributed by atoms with E-state index in [4.69, 9.17) is 6.57 Å². The van der Waals surface area contributed by atoms with E-state index in [1.165, 1.54) is 5.70 Å². The largest absolute Gasteiger partial charge is 0.407 e. The Hall–Kier alpha value is -1.14. The molecule has 0 N–H and O–H groups in total. The van der Waals surface area contributed by atoms with Gasteiger partial charge in [-0.2, -0.15) is 4.48 Å². The van der Waals surface area contributed by atoms with Gasteiger partial charge in [0.2, 0.25) is 12.4 Å². The van der Waals surface area contributed by atoms with Crippen molar-refractivity contribution in [2.75, 3.05) is 6.54 Å². The zero-order valence-electron chi connectivity index (χ0n) is 7.41. The lowest BCUT2D eigenvalue weighted by atomic mass is 10.4. The van der Waals surface area contributed by atoms with E-state index in [2.05, 4.69) is 23.7 Å². The van der Waals surface area contributed by atoms with Crippen molar-refractivity contribution in [2.24, 2.45) is 4.99 Å². The molecule has 12 heavy (non-hydrogen) atoms. The lowest BCUT2D eigenvalue weighted by Gasteiger charge is -2.09. The van der Waals surface area contributed by atoms with Gasteiger partial charge in [-0.1, -0.05) is 6.92 Å². The average Bonchev–Trinajstić information content (AvgIpc) is 2.72. The van der Waals surface area contributed by atoms with Crippen molar-refractivity contribution in [1.82, 2.24) is 0 Å². The van der Waals surface area contributed by atoms with Crippen molar-refractivity contribution < 1.29 is 4.48 Å². The summed E-state index contributed by atoms with van der Waals surface area (Å²) in [7, 11) is 0. The molecule has 3 nitrogen and oxygen atoms in total. The minimum atomic E-state index is 0.127. The van der Waals surface area contributed by atoms with Gasteiger partial charge in [-0.25, -0.2) is 16.4 Å². The number of amidine groups is 1. The molecule has 0 aliphatic carbocycles. The molecule has 2 aliphatic rings. The SMILES string of the molecule is [C-]#[N+]C1C[N+]12C(C)=CN=C2CC. The summed E-state index contributed by atoms with van der Waals surface area (Å²) in [5.41, 5.74) is 1.23. The number of rotatable bonds is 1. The minimum Gasteiger partial charge on any atom is -0.250 e. The molecule has 0 bridgehead atoms. The molecule has 0 aromatic rings. The molecule has 0 amide bonds. The summed E-state index contributed by atoms with van der Waals surface area (Å²) in [5.74, 6) is 1.16. The number of aliphatic imine (C=N–C) groups is 1. The van der Waals surface area contributed by atoms with Crippen molar-refractivity contribution in [3.63, 3.8) is 0 Å². The molecule has 2 heterocycles. The van der Waals surface area contributed by atoms with Crippen LogP contribution in [-0.2, 0) is 0 Å². The molecular formula is C9H12N3+. The van der Waals surface area contributed by atoms with Crippen LogP contribution in [0.15, 0.2) is 16.9 Å². The Morgan fingerprint density at radius 3 is 3.08 bits per heavy atom. The highest BCUT2D eigenvalue weighted by molar-refractivity contribution is 5.80. The Bertz CT molecular complexity index is 321. The van der Waals surface area contributed by atoms with Gasteiger partial charge in [0, 0.05) is 13.3 Å². The van der Waals surface area contributed by atoms with Gasteiger partial charge in [0.05, 0.1) is 6.20 Å². The fraction of sp³-hybridized carbons (Fsp3) is 0.556. The van der Waals surface area contributed by atoms with Gasteiger partial charge < -0.3 is 0 Å². The van der Waals surface area contributed by atoms with Gasteiger partial charge in [0.15, 0.2) is 0 Å². The Morgan fingerprint density at radius 1 is 1.83 bits per heavy atom. The normalized spacial score (nSPS) is 37.6. The predicted molar refractivity (Wildman–Crippen MR) is 47.0 cm³/mol. The van der Waals surface area contributed by atoms with Crippen LogP contribution in [0, 0.1) is 6.57 Å². The standard InChI is InChI=1S/C9H12N3/c1-4-8-11-5-7(2)12(8)6-9(12)10-3/h5,9H,4,6H2,1-2H3/q+1. The first-order valence-corrected chi connectivity index (χ1v) is 4.24. The van der Waals surface area contributed by atoms with E-state index in [1.54, 1.807) is 0 Å². The third kappa shape index (κ3) is 0.657. The number of hydrogen-bond acceptors (Lipinski definition) is 1. The van der Waals surface area contributed by atoms with Crippen LogP contribution in [0.3, 0.4) is 0 Å². The molecular weight excluding hydrogens is 150 g/mol. The zero-order chi connectivity index (χ0) is 8.77. The van der Waals surface area contributed by atoms with Crippen LogP contribution in [0.2, 0.25) is 0 Å². The second kappa shape index (κ2) is 2.18. The van der Waals surface area contributed by atoms with E-state index in [9.17, 15) is 0 Å². The zero-order valence-corrected chi connectivity index (χ0v) is 7.41. The molecule has 1 spiro atoms. The van der Waals surface area contributed by atoms with Crippen molar-refractivity contribution in [3.8, 4) is 0 Å². The fourth-order valence-corrected chi connectivity index (χ4v) is 1.96. The maximum atomic E-state index is 6.99. The summed E-state index contributed by atoms with van der Waals surface area (Å²) >= 11 is 0. The average molecular weight is 162 g/mol. The lowest BCUT2D eigenvalue weighted by Crippen LogP contribution is -2.30. The molecule has 2 unspecified atom stereocenters. The highest BCUT2D eigenvalue weighted by Gasteiger charge is 2.68. The molecule has 3 heteroatoms. The predicted octanol–water partition coefficient (Wildman–Crippen LogP) is 1.75. The van der Waals surface area contributed by atoms with Crippen LogP contribution in [0.1, 0.15) is 20.3 Å². The molecule has 2 aliphatic heterocycles. The van der Waals surface area contributed by atoms with E-state index in [1.807, 2.05) is 6.20 Å². The molecule has 0 aromatic carbocycles. The fourth-order valence-electron chi connectivity index (χ4n) is 1.96. The summed E-state index contributed by atoms with van der Waals surface area (Å²) in [4.78, 5) is 7.92. The van der Waals surface area contributed by atoms with E-state index >= 15 is 0 Å². The molecule has 2 rings (SSSR count). The molecule has 0 saturated carbocycles. The van der Waals surface area contributed by atoms with Gasteiger partial charge in [0.1, 0.15) is 5.70 Å². The Balaban J connectivity index is 2.32. The number of allylic oxidation sites excluding steroid dienone is 1. The molecule has 1 fully saturated rings. The number of quaternary nitrogens is 1. The maximum Gasteiger partial charge on any atom is 0.407 e. The van der Waals surface area contributed by atoms with Crippen LogP contribution >= 0.6 is 0 Å². The lowest BCUT2D eigenvalue weighted by molar-refractivity contribution is -0.665. The first-order valence-electron chi connectivity index (χ1n) is 4.24. The second-order valence-electron chi connectivity index (χ2n) is 3.33. The Labute approximate surface area is 72.4 Å². The topological polar surface area (TPSA) is 16.7 Å². The van der Waals surface area contributed by atoms with Crippen molar-refractivity contribution in [2.45, 2.75) is 26.4 Å². The first-order chi connectivity index (χ1) is 5.75. The highest BCUT2D eigenvalue weighted by Crippen LogP contribution is 2.42. The number of nitrogens with zero attached hydrogens (tertiary/aromatic N) is 3. The van der Waals surface area contributed by atoms with Crippen LogP contribution in [0.25, 0.3) is 4.85 Å². The summed E-state index contributed by atoms with van der Waals surface area (Å²) in [6.45, 7) is 12.1. The van der Waals surface area contributed by atoms with Crippen LogP contribution in [0.5, 0.6) is 0 Å². The van der Waals surface area contributed by atoms with Crippen LogP contribution < -0.4 is 0 Å². The summed E-state index contributed by atoms with van der Waals surface area (Å²) < 4.78 is 0.764. The third-order valence-corrected chi connectivity index (χ3v) is 2.78. The molecule has 0 aromatic heterocycles. The number of hydrogen-bond donors (Lipinski definition) is 0. The van der Waals surface area contributed by atoms with Crippen LogP contribution in [-0.4, -0.2) is 23.0 Å². The minimum absolute atomic E-state index is 0.127. The quantitative estimate of drug-likeness (QED) is 0.317. The first kappa shape index (κ1) is 7.51. The maximum absolute atomic E-state index is 6.99. The second-order valence-corrected chi connectivity index (χ2v) is 3.33. The Kier molecular flexibility index (Phi) is 1.36. The van der Waals surface area contributed by atoms with E-state index < -0.39 is 0 Å². The van der Waals surface area contributed by atoms with Crippen molar-refractivity contribution >= 4 is 5.84 Å².